The zero-order valence-electron chi connectivity index (χ0n) is 10.8. The molecular weight excluding hydrogens is 258 g/mol. The highest BCUT2D eigenvalue weighted by molar-refractivity contribution is 7.10. The van der Waals surface area contributed by atoms with Gasteiger partial charge in [0.1, 0.15) is 6.10 Å². The molecule has 0 aliphatic heterocycles. The molecule has 0 bridgehead atoms. The SMILES string of the molecule is CCc1ccc(C(=O)NCC(O)c2cccs2)cc1. The van der Waals surface area contributed by atoms with Gasteiger partial charge in [0.15, 0.2) is 0 Å². The average molecular weight is 275 g/mol. The number of rotatable bonds is 5. The molecular formula is C15H17NO2S. The minimum Gasteiger partial charge on any atom is -0.386 e. The lowest BCUT2D eigenvalue weighted by molar-refractivity contribution is 0.0918. The molecule has 0 aliphatic carbocycles. The second-order valence-corrected chi connectivity index (χ2v) is 5.27. The Kier molecular flexibility index (Phi) is 4.71. The van der Waals surface area contributed by atoms with Gasteiger partial charge in [0, 0.05) is 17.0 Å². The van der Waals surface area contributed by atoms with Gasteiger partial charge in [0.25, 0.3) is 5.91 Å². The van der Waals surface area contributed by atoms with Crippen LogP contribution in [0.3, 0.4) is 0 Å². The number of carbonyl (C=O) groups excluding carboxylic acids is 1. The molecule has 0 spiro atoms. The van der Waals surface area contributed by atoms with E-state index in [9.17, 15) is 9.90 Å². The van der Waals surface area contributed by atoms with Gasteiger partial charge in [0.2, 0.25) is 0 Å². The largest absolute Gasteiger partial charge is 0.386 e. The van der Waals surface area contributed by atoms with Crippen molar-refractivity contribution in [3.63, 3.8) is 0 Å². The van der Waals surface area contributed by atoms with Crippen LogP contribution in [-0.4, -0.2) is 17.6 Å². The predicted molar refractivity (Wildman–Crippen MR) is 77.4 cm³/mol. The molecule has 0 aliphatic rings. The van der Waals surface area contributed by atoms with Crippen LogP contribution in [0.4, 0.5) is 0 Å². The fourth-order valence-corrected chi connectivity index (χ4v) is 2.48. The maximum absolute atomic E-state index is 11.9. The average Bonchev–Trinajstić information content (AvgIpc) is 2.98. The van der Waals surface area contributed by atoms with E-state index in [4.69, 9.17) is 0 Å². The number of thiophene rings is 1. The summed E-state index contributed by atoms with van der Waals surface area (Å²) in [5.74, 6) is -0.154. The van der Waals surface area contributed by atoms with Crippen molar-refractivity contribution in [3.05, 3.63) is 57.8 Å². The summed E-state index contributed by atoms with van der Waals surface area (Å²) in [6, 6.07) is 11.3. The van der Waals surface area contributed by atoms with Gasteiger partial charge in [-0.1, -0.05) is 25.1 Å². The summed E-state index contributed by atoms with van der Waals surface area (Å²) < 4.78 is 0. The van der Waals surface area contributed by atoms with Gasteiger partial charge in [-0.3, -0.25) is 4.79 Å². The smallest absolute Gasteiger partial charge is 0.251 e. The molecule has 1 heterocycles. The van der Waals surface area contributed by atoms with Gasteiger partial charge in [-0.25, -0.2) is 0 Å². The summed E-state index contributed by atoms with van der Waals surface area (Å²) in [5, 5.41) is 14.5. The standard InChI is InChI=1S/C15H17NO2S/c1-2-11-5-7-12(8-6-11)15(18)16-10-13(17)14-4-3-9-19-14/h3-9,13,17H,2,10H2,1H3,(H,16,18). The maximum Gasteiger partial charge on any atom is 0.251 e. The Balaban J connectivity index is 1.90. The van der Waals surface area contributed by atoms with Crippen LogP contribution < -0.4 is 5.32 Å². The van der Waals surface area contributed by atoms with Crippen molar-refractivity contribution in [3.8, 4) is 0 Å². The number of aliphatic hydroxyl groups is 1. The van der Waals surface area contributed by atoms with Gasteiger partial charge >= 0.3 is 0 Å². The minimum atomic E-state index is -0.640. The highest BCUT2D eigenvalue weighted by Crippen LogP contribution is 2.17. The Hall–Kier alpha value is -1.65. The number of aliphatic hydroxyl groups excluding tert-OH is 1. The van der Waals surface area contributed by atoms with E-state index in [2.05, 4.69) is 12.2 Å². The molecule has 1 amide bonds. The molecule has 2 N–H and O–H groups in total. The van der Waals surface area contributed by atoms with E-state index in [1.807, 2.05) is 41.8 Å². The number of amides is 1. The van der Waals surface area contributed by atoms with Crippen molar-refractivity contribution in [1.82, 2.24) is 5.32 Å². The van der Waals surface area contributed by atoms with Crippen LogP contribution in [-0.2, 0) is 6.42 Å². The van der Waals surface area contributed by atoms with E-state index in [1.54, 1.807) is 0 Å². The summed E-state index contributed by atoms with van der Waals surface area (Å²) in [7, 11) is 0. The molecule has 0 saturated heterocycles. The molecule has 0 radical (unpaired) electrons. The third-order valence-corrected chi connectivity index (χ3v) is 3.93. The van der Waals surface area contributed by atoms with Crippen molar-refractivity contribution in [1.29, 1.82) is 0 Å². The van der Waals surface area contributed by atoms with E-state index in [1.165, 1.54) is 16.9 Å². The van der Waals surface area contributed by atoms with Gasteiger partial charge in [-0.15, -0.1) is 11.3 Å². The van der Waals surface area contributed by atoms with E-state index in [0.717, 1.165) is 11.3 Å². The van der Waals surface area contributed by atoms with E-state index in [-0.39, 0.29) is 12.5 Å². The van der Waals surface area contributed by atoms with E-state index in [0.29, 0.717) is 5.56 Å². The van der Waals surface area contributed by atoms with Crippen LogP contribution in [0, 0.1) is 0 Å². The zero-order valence-corrected chi connectivity index (χ0v) is 11.6. The Morgan fingerprint density at radius 2 is 2.05 bits per heavy atom. The monoisotopic (exact) mass is 275 g/mol. The molecule has 0 saturated carbocycles. The Labute approximate surface area is 116 Å². The third kappa shape index (κ3) is 3.66. The molecule has 100 valence electrons. The molecule has 19 heavy (non-hydrogen) atoms. The topological polar surface area (TPSA) is 49.3 Å². The lowest BCUT2D eigenvalue weighted by Gasteiger charge is -2.10. The normalized spacial score (nSPS) is 12.1. The summed E-state index contributed by atoms with van der Waals surface area (Å²) in [6.07, 6.45) is 0.317. The molecule has 1 aromatic heterocycles. The van der Waals surface area contributed by atoms with Crippen molar-refractivity contribution in [2.24, 2.45) is 0 Å². The highest BCUT2D eigenvalue weighted by Gasteiger charge is 2.11. The van der Waals surface area contributed by atoms with Crippen molar-refractivity contribution in [2.45, 2.75) is 19.4 Å². The van der Waals surface area contributed by atoms with Crippen molar-refractivity contribution < 1.29 is 9.90 Å². The molecule has 2 aromatic rings. The summed E-state index contributed by atoms with van der Waals surface area (Å²) in [5.41, 5.74) is 1.82. The molecule has 0 fully saturated rings. The first-order chi connectivity index (χ1) is 9.20. The molecule has 3 nitrogen and oxygen atoms in total. The number of hydrogen-bond acceptors (Lipinski definition) is 3. The number of aryl methyl sites for hydroxylation is 1. The number of nitrogens with one attached hydrogen (secondary N) is 1. The van der Waals surface area contributed by atoms with Crippen LogP contribution in [0.15, 0.2) is 41.8 Å². The Bertz CT molecular complexity index is 520. The lowest BCUT2D eigenvalue weighted by atomic mass is 10.1. The predicted octanol–water partition coefficient (Wildman–Crippen LogP) is 2.77. The van der Waals surface area contributed by atoms with Crippen LogP contribution in [0.25, 0.3) is 0 Å². The second kappa shape index (κ2) is 6.50. The van der Waals surface area contributed by atoms with Gasteiger partial charge in [0.05, 0.1) is 0 Å². The molecule has 1 atom stereocenters. The number of hydrogen-bond donors (Lipinski definition) is 2. The maximum atomic E-state index is 11.9. The van der Waals surface area contributed by atoms with Crippen LogP contribution in [0.5, 0.6) is 0 Å². The molecule has 1 unspecified atom stereocenters. The first-order valence-corrected chi connectivity index (χ1v) is 7.17. The molecule has 2 rings (SSSR count). The minimum absolute atomic E-state index is 0.154. The fourth-order valence-electron chi connectivity index (χ4n) is 1.76. The summed E-state index contributed by atoms with van der Waals surface area (Å²) >= 11 is 1.48. The van der Waals surface area contributed by atoms with Crippen LogP contribution in [0.2, 0.25) is 0 Å². The van der Waals surface area contributed by atoms with Gasteiger partial charge in [-0.05, 0) is 35.6 Å². The summed E-state index contributed by atoms with van der Waals surface area (Å²) in [4.78, 5) is 12.8. The zero-order chi connectivity index (χ0) is 13.7. The van der Waals surface area contributed by atoms with Gasteiger partial charge in [-0.2, -0.15) is 0 Å². The first-order valence-electron chi connectivity index (χ1n) is 6.29. The van der Waals surface area contributed by atoms with E-state index >= 15 is 0 Å². The first kappa shape index (κ1) is 13.8. The Morgan fingerprint density at radius 1 is 1.32 bits per heavy atom. The number of carbonyl (C=O) groups is 1. The Morgan fingerprint density at radius 3 is 2.63 bits per heavy atom. The second-order valence-electron chi connectivity index (χ2n) is 4.29. The quantitative estimate of drug-likeness (QED) is 0.881. The van der Waals surface area contributed by atoms with Crippen LogP contribution >= 0.6 is 11.3 Å². The van der Waals surface area contributed by atoms with Crippen molar-refractivity contribution >= 4 is 17.2 Å². The summed E-state index contributed by atoms with van der Waals surface area (Å²) in [6.45, 7) is 2.31. The van der Waals surface area contributed by atoms with Crippen LogP contribution in [0.1, 0.15) is 33.8 Å². The third-order valence-electron chi connectivity index (χ3n) is 2.95. The highest BCUT2D eigenvalue weighted by atomic mass is 32.1. The van der Waals surface area contributed by atoms with Gasteiger partial charge < -0.3 is 10.4 Å². The van der Waals surface area contributed by atoms with E-state index < -0.39 is 6.10 Å². The molecule has 1 aromatic carbocycles. The number of benzene rings is 1. The lowest BCUT2D eigenvalue weighted by Crippen LogP contribution is -2.28. The fraction of sp³-hybridized carbons (Fsp3) is 0.267. The van der Waals surface area contributed by atoms with Crippen molar-refractivity contribution in [2.75, 3.05) is 6.54 Å². The molecule has 4 heteroatoms.